The van der Waals surface area contributed by atoms with Gasteiger partial charge in [-0.15, -0.1) is 23.7 Å². The van der Waals surface area contributed by atoms with Crippen molar-refractivity contribution < 1.29 is 8.42 Å². The predicted molar refractivity (Wildman–Crippen MR) is 90.8 cm³/mol. The number of sulfonamides is 1. The van der Waals surface area contributed by atoms with Crippen molar-refractivity contribution in [2.24, 2.45) is 5.73 Å². The molecule has 1 saturated carbocycles. The molecule has 0 radical (unpaired) electrons. The third-order valence-electron chi connectivity index (χ3n) is 3.95. The lowest BCUT2D eigenvalue weighted by atomic mass is 9.92. The molecule has 1 heterocycles. The van der Waals surface area contributed by atoms with E-state index in [4.69, 9.17) is 5.73 Å². The minimum absolute atomic E-state index is 0. The Kier molecular flexibility index (Phi) is 6.68. The third kappa shape index (κ3) is 4.93. The normalized spacial score (nSPS) is 18.8. The van der Waals surface area contributed by atoms with Crippen molar-refractivity contribution in [3.8, 4) is 0 Å². The van der Waals surface area contributed by atoms with Crippen LogP contribution < -0.4 is 10.5 Å². The number of halogens is 1. The monoisotopic (exact) mass is 352 g/mol. The van der Waals surface area contributed by atoms with E-state index in [1.165, 1.54) is 24.2 Å². The molecule has 4 nitrogen and oxygen atoms in total. The zero-order chi connectivity index (χ0) is 14.8. The Morgan fingerprint density at radius 2 is 1.81 bits per heavy atom. The van der Waals surface area contributed by atoms with Crippen LogP contribution in [-0.2, 0) is 10.0 Å². The summed E-state index contributed by atoms with van der Waals surface area (Å²) >= 11 is 1.32. The fourth-order valence-electron chi connectivity index (χ4n) is 2.80. The molecule has 0 saturated heterocycles. The highest BCUT2D eigenvalue weighted by molar-refractivity contribution is 7.91. The van der Waals surface area contributed by atoms with Crippen LogP contribution in [0.25, 0.3) is 0 Å². The van der Waals surface area contributed by atoms with Crippen molar-refractivity contribution in [1.82, 2.24) is 4.72 Å². The van der Waals surface area contributed by atoms with E-state index in [0.29, 0.717) is 10.8 Å². The molecule has 1 fully saturated rings. The molecular formula is C14H25ClN2O2S2. The summed E-state index contributed by atoms with van der Waals surface area (Å²) in [7, 11) is -3.43. The fourth-order valence-corrected chi connectivity index (χ4v) is 5.65. The summed E-state index contributed by atoms with van der Waals surface area (Å²) in [6, 6.07) is 1.91. The highest BCUT2D eigenvalue weighted by Crippen LogP contribution is 2.28. The van der Waals surface area contributed by atoms with Gasteiger partial charge in [0.2, 0.25) is 10.0 Å². The second-order valence-electron chi connectivity index (χ2n) is 5.93. The van der Waals surface area contributed by atoms with Crippen LogP contribution in [0.5, 0.6) is 0 Å². The van der Waals surface area contributed by atoms with Crippen molar-refractivity contribution in [2.75, 3.05) is 6.54 Å². The number of nitrogens with one attached hydrogen (secondary N) is 1. The number of rotatable bonds is 4. The van der Waals surface area contributed by atoms with Gasteiger partial charge in [0.15, 0.2) is 0 Å². The van der Waals surface area contributed by atoms with E-state index in [2.05, 4.69) is 4.72 Å². The molecule has 1 aromatic rings. The van der Waals surface area contributed by atoms with Crippen LogP contribution in [0.2, 0.25) is 0 Å². The van der Waals surface area contributed by atoms with E-state index in [1.54, 1.807) is 0 Å². The van der Waals surface area contributed by atoms with Gasteiger partial charge in [0, 0.05) is 17.0 Å². The molecule has 0 unspecified atom stereocenters. The third-order valence-corrected chi connectivity index (χ3v) is 7.14. The van der Waals surface area contributed by atoms with E-state index in [9.17, 15) is 8.42 Å². The smallest absolute Gasteiger partial charge is 0.250 e. The van der Waals surface area contributed by atoms with Crippen molar-refractivity contribution in [3.63, 3.8) is 0 Å². The van der Waals surface area contributed by atoms with Crippen LogP contribution in [0.3, 0.4) is 0 Å². The van der Waals surface area contributed by atoms with Gasteiger partial charge in [-0.2, -0.15) is 0 Å². The van der Waals surface area contributed by atoms with Gasteiger partial charge in [-0.25, -0.2) is 13.1 Å². The Morgan fingerprint density at radius 3 is 2.29 bits per heavy atom. The van der Waals surface area contributed by atoms with E-state index in [0.717, 1.165) is 36.1 Å². The van der Waals surface area contributed by atoms with Crippen LogP contribution in [0, 0.1) is 13.8 Å². The molecule has 1 aliphatic carbocycles. The minimum Gasteiger partial charge on any atom is -0.324 e. The molecule has 2 rings (SSSR count). The van der Waals surface area contributed by atoms with E-state index in [-0.39, 0.29) is 17.9 Å². The maximum Gasteiger partial charge on any atom is 0.250 e. The predicted octanol–water partition coefficient (Wildman–Crippen LogP) is 3.12. The minimum atomic E-state index is -3.43. The van der Waals surface area contributed by atoms with Gasteiger partial charge in [0.25, 0.3) is 0 Å². The van der Waals surface area contributed by atoms with Gasteiger partial charge in [-0.05, 0) is 38.3 Å². The van der Waals surface area contributed by atoms with Crippen LogP contribution in [0.4, 0.5) is 0 Å². The Morgan fingerprint density at radius 1 is 1.24 bits per heavy atom. The molecule has 0 aromatic carbocycles. The summed E-state index contributed by atoms with van der Waals surface area (Å²) in [5, 5.41) is 0. The number of thiophene rings is 1. The van der Waals surface area contributed by atoms with Gasteiger partial charge in [-0.1, -0.05) is 25.7 Å². The van der Waals surface area contributed by atoms with E-state index < -0.39 is 10.0 Å². The molecule has 0 spiro atoms. The number of aryl methyl sites for hydroxylation is 2. The molecule has 1 aliphatic rings. The average molecular weight is 353 g/mol. The van der Waals surface area contributed by atoms with Crippen LogP contribution in [-0.4, -0.2) is 20.5 Å². The first kappa shape index (κ1) is 18.9. The zero-order valence-electron chi connectivity index (χ0n) is 12.6. The first-order valence-corrected chi connectivity index (χ1v) is 9.48. The Labute approximate surface area is 138 Å². The molecular weight excluding hydrogens is 328 g/mol. The number of hydrogen-bond donors (Lipinski definition) is 2. The number of hydrogen-bond acceptors (Lipinski definition) is 4. The second-order valence-corrected chi connectivity index (χ2v) is 9.15. The van der Waals surface area contributed by atoms with Crippen LogP contribution in [0.15, 0.2) is 10.3 Å². The molecule has 0 atom stereocenters. The summed E-state index contributed by atoms with van der Waals surface area (Å²) in [6.07, 6.45) is 6.39. The topological polar surface area (TPSA) is 72.2 Å². The molecule has 1 aromatic heterocycles. The molecule has 122 valence electrons. The summed E-state index contributed by atoms with van der Waals surface area (Å²) < 4.78 is 27.9. The van der Waals surface area contributed by atoms with Gasteiger partial charge in [0.1, 0.15) is 4.21 Å². The zero-order valence-corrected chi connectivity index (χ0v) is 15.1. The van der Waals surface area contributed by atoms with Gasteiger partial charge < -0.3 is 5.73 Å². The highest BCUT2D eigenvalue weighted by atomic mass is 35.5. The standard InChI is InChI=1S/C14H24N2O2S2.ClH/c1-11-9-12(2)19-13(11)20(17,18)16-10-14(15)7-5-3-4-6-8-14;/h9,16H,3-8,10,15H2,1-2H3;1H. The fraction of sp³-hybridized carbons (Fsp3) is 0.714. The Bertz CT molecular complexity index is 562. The quantitative estimate of drug-likeness (QED) is 0.818. The average Bonchev–Trinajstić information content (AvgIpc) is 2.59. The van der Waals surface area contributed by atoms with Gasteiger partial charge in [-0.3, -0.25) is 0 Å². The molecule has 0 aliphatic heterocycles. The first-order chi connectivity index (χ1) is 9.32. The second kappa shape index (κ2) is 7.42. The van der Waals surface area contributed by atoms with Crippen molar-refractivity contribution in [3.05, 3.63) is 16.5 Å². The molecule has 0 bridgehead atoms. The van der Waals surface area contributed by atoms with Crippen LogP contribution >= 0.6 is 23.7 Å². The summed E-state index contributed by atoms with van der Waals surface area (Å²) in [4.78, 5) is 1.01. The van der Waals surface area contributed by atoms with E-state index >= 15 is 0 Å². The first-order valence-electron chi connectivity index (χ1n) is 7.18. The van der Waals surface area contributed by atoms with Crippen molar-refractivity contribution in [1.29, 1.82) is 0 Å². The Hall–Kier alpha value is -0.140. The van der Waals surface area contributed by atoms with E-state index in [1.807, 2.05) is 19.9 Å². The maximum atomic E-state index is 12.4. The lowest BCUT2D eigenvalue weighted by Gasteiger charge is -2.28. The summed E-state index contributed by atoms with van der Waals surface area (Å²) in [6.45, 7) is 4.10. The van der Waals surface area contributed by atoms with Gasteiger partial charge >= 0.3 is 0 Å². The van der Waals surface area contributed by atoms with Gasteiger partial charge in [0.05, 0.1) is 0 Å². The largest absolute Gasteiger partial charge is 0.324 e. The maximum absolute atomic E-state index is 12.4. The van der Waals surface area contributed by atoms with Crippen LogP contribution in [0.1, 0.15) is 49.0 Å². The SMILES string of the molecule is Cc1cc(C)c(S(=O)(=O)NCC2(N)CCCCCC2)s1.Cl. The molecule has 3 N–H and O–H groups in total. The van der Waals surface area contributed by atoms with Crippen molar-refractivity contribution in [2.45, 2.75) is 62.1 Å². The summed E-state index contributed by atoms with van der Waals surface area (Å²) in [5.41, 5.74) is 6.79. The Balaban J connectivity index is 0.00000220. The highest BCUT2D eigenvalue weighted by Gasteiger charge is 2.29. The lowest BCUT2D eigenvalue weighted by Crippen LogP contribution is -2.49. The van der Waals surface area contributed by atoms with Crippen molar-refractivity contribution >= 4 is 33.8 Å². The number of nitrogens with two attached hydrogens (primary N) is 1. The lowest BCUT2D eigenvalue weighted by molar-refractivity contribution is 0.369. The molecule has 21 heavy (non-hydrogen) atoms. The molecule has 7 heteroatoms. The summed E-state index contributed by atoms with van der Waals surface area (Å²) in [5.74, 6) is 0. The molecule has 0 amide bonds.